The molecule has 5 nitrogen and oxygen atoms in total. The van der Waals surface area contributed by atoms with Gasteiger partial charge >= 0.3 is 15.6 Å². The molecule has 1 aliphatic rings. The van der Waals surface area contributed by atoms with E-state index in [-0.39, 0.29) is 23.0 Å². The van der Waals surface area contributed by atoms with Gasteiger partial charge in [0.2, 0.25) is 16.6 Å². The van der Waals surface area contributed by atoms with Crippen molar-refractivity contribution in [1.82, 2.24) is 0 Å². The lowest BCUT2D eigenvalue weighted by Crippen LogP contribution is -2.32. The van der Waals surface area contributed by atoms with Crippen molar-refractivity contribution < 1.29 is 34.6 Å². The van der Waals surface area contributed by atoms with E-state index in [1.165, 1.54) is 6.07 Å². The van der Waals surface area contributed by atoms with Crippen LogP contribution in [0.3, 0.4) is 0 Å². The lowest BCUT2D eigenvalue weighted by Gasteiger charge is -2.34. The Morgan fingerprint density at radius 2 is 1.56 bits per heavy atom. The number of benzene rings is 1. The van der Waals surface area contributed by atoms with Gasteiger partial charge < -0.3 is 13.0 Å². The topological polar surface area (TPSA) is 61.8 Å². The van der Waals surface area contributed by atoms with Crippen LogP contribution in [0.4, 0.5) is 13.2 Å². The Morgan fingerprint density at radius 1 is 1.03 bits per heavy atom. The van der Waals surface area contributed by atoms with Gasteiger partial charge in [-0.05, 0) is 71.9 Å². The van der Waals surface area contributed by atoms with Crippen molar-refractivity contribution >= 4 is 26.8 Å². The van der Waals surface area contributed by atoms with Gasteiger partial charge in [0.05, 0.1) is 0 Å². The van der Waals surface area contributed by atoms with Crippen LogP contribution < -0.4 is 13.0 Å². The normalized spacial score (nSPS) is 19.9. The maximum Gasteiger partial charge on any atom is 0.534 e. The fraction of sp³-hybridized carbons (Fsp3) is 0.565. The Labute approximate surface area is 203 Å². The fourth-order valence-electron chi connectivity index (χ4n) is 3.87. The highest BCUT2D eigenvalue weighted by molar-refractivity contribution is 7.88. The molecule has 1 aliphatic carbocycles. The highest BCUT2D eigenvalue weighted by atomic mass is 32.2. The minimum Gasteiger partial charge on any atom is -0.544 e. The summed E-state index contributed by atoms with van der Waals surface area (Å²) in [6, 6.07) is 2.88. The first-order chi connectivity index (χ1) is 15.2. The molecule has 2 rings (SSSR count). The van der Waals surface area contributed by atoms with Crippen molar-refractivity contribution in [2.24, 2.45) is 5.92 Å². The number of hydrogen-bond donors (Lipinski definition) is 0. The molecule has 0 spiro atoms. The summed E-state index contributed by atoms with van der Waals surface area (Å²) < 4.78 is 81.2. The second-order valence-electron chi connectivity index (χ2n) is 10.8. The Morgan fingerprint density at radius 3 is 2.03 bits per heavy atom. The number of halogens is 3. The van der Waals surface area contributed by atoms with Crippen LogP contribution in [-0.2, 0) is 10.1 Å². The van der Waals surface area contributed by atoms with Gasteiger partial charge in [-0.1, -0.05) is 23.8 Å². The summed E-state index contributed by atoms with van der Waals surface area (Å²) >= 11 is 0. The maximum atomic E-state index is 13.3. The monoisotopic (exact) mass is 536 g/mol. The van der Waals surface area contributed by atoms with Gasteiger partial charge in [0, 0.05) is 23.6 Å². The molecular formula is C23H35F3O5SSi2. The number of allylic oxidation sites excluding steroid dienone is 3. The predicted molar refractivity (Wildman–Crippen MR) is 134 cm³/mol. The SMILES string of the molecule is C=C(C)[C@H]1CCC(C)=C[C@@H]1c1c(O[Si](C)(C)C)cc(O[Si](C)(C)C)cc1OS(=O)(=O)C(F)(F)F. The van der Waals surface area contributed by atoms with Gasteiger partial charge in [-0.15, -0.1) is 0 Å². The summed E-state index contributed by atoms with van der Waals surface area (Å²) in [6.45, 7) is 19.4. The van der Waals surface area contributed by atoms with Crippen LogP contribution in [-0.4, -0.2) is 30.6 Å². The van der Waals surface area contributed by atoms with Crippen molar-refractivity contribution in [2.45, 2.75) is 77.4 Å². The minimum atomic E-state index is -5.92. The molecule has 0 unspecified atom stereocenters. The van der Waals surface area contributed by atoms with E-state index >= 15 is 0 Å². The van der Waals surface area contributed by atoms with E-state index in [1.54, 1.807) is 6.07 Å². The Kier molecular flexibility index (Phi) is 8.16. The zero-order valence-corrected chi connectivity index (χ0v) is 23.9. The molecule has 0 heterocycles. The first-order valence-corrected chi connectivity index (χ1v) is 19.3. The van der Waals surface area contributed by atoms with E-state index in [0.717, 1.165) is 24.0 Å². The van der Waals surface area contributed by atoms with Crippen LogP contribution >= 0.6 is 0 Å². The molecule has 0 bridgehead atoms. The van der Waals surface area contributed by atoms with E-state index in [9.17, 15) is 21.6 Å². The summed E-state index contributed by atoms with van der Waals surface area (Å²) in [5.74, 6) is -0.510. The molecule has 0 fully saturated rings. The molecule has 11 heteroatoms. The summed E-state index contributed by atoms with van der Waals surface area (Å²) in [6.07, 6.45) is 3.49. The Balaban J connectivity index is 2.89. The average molecular weight is 537 g/mol. The molecule has 0 amide bonds. The van der Waals surface area contributed by atoms with Crippen molar-refractivity contribution in [2.75, 3.05) is 0 Å². The first kappa shape index (κ1) is 28.5. The van der Waals surface area contributed by atoms with Gasteiger partial charge in [-0.25, -0.2) is 0 Å². The molecule has 2 atom stereocenters. The fourth-order valence-corrected chi connectivity index (χ4v) is 6.00. The molecule has 0 aliphatic heterocycles. The first-order valence-electron chi connectivity index (χ1n) is 11.1. The molecule has 1 aromatic carbocycles. The van der Waals surface area contributed by atoms with Crippen LogP contribution in [0.1, 0.15) is 38.2 Å². The van der Waals surface area contributed by atoms with Crippen LogP contribution in [0.2, 0.25) is 39.3 Å². The largest absolute Gasteiger partial charge is 0.544 e. The second kappa shape index (κ2) is 9.73. The molecule has 0 saturated heterocycles. The zero-order chi connectivity index (χ0) is 26.3. The molecule has 34 heavy (non-hydrogen) atoms. The van der Waals surface area contributed by atoms with Crippen molar-refractivity contribution in [1.29, 1.82) is 0 Å². The highest BCUT2D eigenvalue weighted by Gasteiger charge is 2.49. The van der Waals surface area contributed by atoms with Gasteiger partial charge in [-0.2, -0.15) is 21.6 Å². The van der Waals surface area contributed by atoms with Crippen LogP contribution in [0.15, 0.2) is 35.9 Å². The smallest absolute Gasteiger partial charge is 0.534 e. The van der Waals surface area contributed by atoms with E-state index in [0.29, 0.717) is 0 Å². The highest BCUT2D eigenvalue weighted by Crippen LogP contribution is 2.49. The lowest BCUT2D eigenvalue weighted by molar-refractivity contribution is -0.0500. The summed E-state index contributed by atoms with van der Waals surface area (Å²) in [7, 11) is -10.4. The molecule has 1 aromatic rings. The summed E-state index contributed by atoms with van der Waals surface area (Å²) in [5, 5.41) is 0. The van der Waals surface area contributed by atoms with Crippen LogP contribution in [0.25, 0.3) is 0 Å². The standard InChI is InChI=1S/C23H35F3O5SSi2/c1-15(2)18-11-10-16(3)12-19(18)22-20(29-32(27,28)23(24,25)26)13-17(30-33(4,5)6)14-21(22)31-34(7,8)9/h12-14,18-19H,1,10-11H2,2-9H3/t18-,19+/m1/s1. The van der Waals surface area contributed by atoms with E-state index in [2.05, 4.69) is 6.58 Å². The van der Waals surface area contributed by atoms with Crippen molar-refractivity contribution in [3.63, 3.8) is 0 Å². The average Bonchev–Trinajstić information content (AvgIpc) is 2.56. The predicted octanol–water partition coefficient (Wildman–Crippen LogP) is 7.36. The quantitative estimate of drug-likeness (QED) is 0.150. The van der Waals surface area contributed by atoms with Gasteiger partial charge in [-0.3, -0.25) is 0 Å². The summed E-state index contributed by atoms with van der Waals surface area (Å²) in [4.78, 5) is 0. The van der Waals surface area contributed by atoms with Crippen molar-refractivity contribution in [3.8, 4) is 17.2 Å². The molecular weight excluding hydrogens is 501 g/mol. The third-order valence-electron chi connectivity index (χ3n) is 5.11. The number of rotatable bonds is 8. The summed E-state index contributed by atoms with van der Waals surface area (Å²) in [5.41, 5.74) is -3.41. The van der Waals surface area contributed by atoms with E-state index < -0.39 is 43.9 Å². The Hall–Kier alpha value is -1.73. The van der Waals surface area contributed by atoms with Crippen LogP contribution in [0, 0.1) is 5.92 Å². The third-order valence-corrected chi connectivity index (χ3v) is 7.76. The van der Waals surface area contributed by atoms with Crippen molar-refractivity contribution in [3.05, 3.63) is 41.5 Å². The molecule has 0 radical (unpaired) electrons. The molecule has 192 valence electrons. The second-order valence-corrected chi connectivity index (χ2v) is 21.2. The van der Waals surface area contributed by atoms with Gasteiger partial charge in [0.1, 0.15) is 11.5 Å². The Bertz CT molecular complexity index is 1070. The molecule has 0 aromatic heterocycles. The van der Waals surface area contributed by atoms with Crippen LogP contribution in [0.5, 0.6) is 17.2 Å². The third kappa shape index (κ3) is 7.38. The number of alkyl halides is 3. The molecule has 0 N–H and O–H groups in total. The molecule has 0 saturated carbocycles. The van der Waals surface area contributed by atoms with E-state index in [1.807, 2.05) is 59.2 Å². The van der Waals surface area contributed by atoms with Gasteiger partial charge in [0.25, 0.3) is 0 Å². The van der Waals surface area contributed by atoms with E-state index in [4.69, 9.17) is 13.0 Å². The number of hydrogen-bond acceptors (Lipinski definition) is 5. The van der Waals surface area contributed by atoms with Gasteiger partial charge in [0.15, 0.2) is 5.75 Å². The lowest BCUT2D eigenvalue weighted by atomic mass is 9.74. The maximum absolute atomic E-state index is 13.3. The minimum absolute atomic E-state index is 0.118. The zero-order valence-electron chi connectivity index (χ0n) is 21.1.